The molecular weight excluding hydrogens is 264 g/mol. The van der Waals surface area contributed by atoms with Gasteiger partial charge < -0.3 is 9.64 Å². The van der Waals surface area contributed by atoms with Crippen molar-refractivity contribution in [2.75, 3.05) is 18.1 Å². The highest BCUT2D eigenvalue weighted by Crippen LogP contribution is 2.28. The first-order valence-corrected chi connectivity index (χ1v) is 6.79. The van der Waals surface area contributed by atoms with Gasteiger partial charge in [0.15, 0.2) is 0 Å². The number of hydrogen-bond donors (Lipinski definition) is 0. The third-order valence-corrected chi connectivity index (χ3v) is 3.47. The molecule has 0 aromatic heterocycles. The summed E-state index contributed by atoms with van der Waals surface area (Å²) in [4.78, 5) is 13.8. The van der Waals surface area contributed by atoms with E-state index in [1.807, 2.05) is 24.3 Å². The lowest BCUT2D eigenvalue weighted by Crippen LogP contribution is -2.31. The molecule has 0 saturated carbocycles. The summed E-state index contributed by atoms with van der Waals surface area (Å²) < 4.78 is 5.63. The van der Waals surface area contributed by atoms with E-state index >= 15 is 0 Å². The van der Waals surface area contributed by atoms with Crippen molar-refractivity contribution in [2.24, 2.45) is 0 Å². The Bertz CT molecular complexity index is 719. The quantitative estimate of drug-likeness (QED) is 0.863. The van der Waals surface area contributed by atoms with Gasteiger partial charge in [-0.1, -0.05) is 24.3 Å². The van der Waals surface area contributed by atoms with Gasteiger partial charge in [0.05, 0.1) is 24.6 Å². The summed E-state index contributed by atoms with van der Waals surface area (Å²) in [5.41, 5.74) is 2.60. The van der Waals surface area contributed by atoms with Gasteiger partial charge in [0.25, 0.3) is 0 Å². The first kappa shape index (κ1) is 13.2. The van der Waals surface area contributed by atoms with Crippen molar-refractivity contribution < 1.29 is 9.53 Å². The number of carbonyl (C=O) groups is 1. The van der Waals surface area contributed by atoms with Gasteiger partial charge in [0.2, 0.25) is 5.91 Å². The molecule has 0 spiro atoms. The summed E-state index contributed by atoms with van der Waals surface area (Å²) in [5.74, 6) is 0.750. The zero-order chi connectivity index (χ0) is 14.7. The fourth-order valence-electron chi connectivity index (χ4n) is 2.47. The zero-order valence-electron chi connectivity index (χ0n) is 11.5. The van der Waals surface area contributed by atoms with Crippen LogP contribution in [0.15, 0.2) is 48.5 Å². The van der Waals surface area contributed by atoms with E-state index in [1.54, 1.807) is 29.2 Å². The molecule has 0 saturated heterocycles. The number of carbonyl (C=O) groups excluding carboxylic acids is 1. The van der Waals surface area contributed by atoms with Crippen LogP contribution in [-0.2, 0) is 11.2 Å². The molecule has 21 heavy (non-hydrogen) atoms. The predicted molar refractivity (Wildman–Crippen MR) is 79.2 cm³/mol. The molecule has 2 aromatic rings. The van der Waals surface area contributed by atoms with Gasteiger partial charge in [-0.15, -0.1) is 0 Å². The van der Waals surface area contributed by atoms with Crippen molar-refractivity contribution in [2.45, 2.75) is 6.42 Å². The monoisotopic (exact) mass is 278 g/mol. The van der Waals surface area contributed by atoms with Crippen LogP contribution in [0.3, 0.4) is 0 Å². The van der Waals surface area contributed by atoms with E-state index < -0.39 is 0 Å². The summed E-state index contributed by atoms with van der Waals surface area (Å²) in [6, 6.07) is 16.9. The predicted octanol–water partition coefficient (Wildman–Crippen LogP) is 2.53. The Hall–Kier alpha value is -2.80. The molecule has 0 aliphatic carbocycles. The van der Waals surface area contributed by atoms with Crippen LogP contribution in [0.2, 0.25) is 0 Å². The normalized spacial score (nSPS) is 12.9. The lowest BCUT2D eigenvalue weighted by Gasteiger charge is -2.17. The molecule has 4 heteroatoms. The van der Waals surface area contributed by atoms with Gasteiger partial charge in [-0.05, 0) is 29.8 Å². The Labute approximate surface area is 123 Å². The average Bonchev–Trinajstić information content (AvgIpc) is 2.83. The third-order valence-electron chi connectivity index (χ3n) is 3.47. The molecule has 4 nitrogen and oxygen atoms in total. The Morgan fingerprint density at radius 3 is 2.90 bits per heavy atom. The number of anilines is 1. The number of ether oxygens (including phenoxy) is 1. The standard InChI is InChI=1S/C17H14N2O2/c18-12-13-4-3-6-15(10-13)21-9-8-19-16-7-2-1-5-14(16)11-17(19)20/h1-7,10H,8-9,11H2. The first-order valence-electron chi connectivity index (χ1n) is 6.79. The smallest absolute Gasteiger partial charge is 0.231 e. The van der Waals surface area contributed by atoms with Gasteiger partial charge in [-0.3, -0.25) is 4.79 Å². The van der Waals surface area contributed by atoms with Crippen LogP contribution >= 0.6 is 0 Å². The van der Waals surface area contributed by atoms with Crippen molar-refractivity contribution in [1.82, 2.24) is 0 Å². The number of nitrogens with zero attached hydrogens (tertiary/aromatic N) is 2. The van der Waals surface area contributed by atoms with E-state index in [9.17, 15) is 4.79 Å². The van der Waals surface area contributed by atoms with E-state index in [1.165, 1.54) is 0 Å². The Morgan fingerprint density at radius 2 is 2.05 bits per heavy atom. The van der Waals surface area contributed by atoms with E-state index in [0.717, 1.165) is 11.3 Å². The number of amides is 1. The number of benzene rings is 2. The number of rotatable bonds is 4. The van der Waals surface area contributed by atoms with Gasteiger partial charge in [0, 0.05) is 5.69 Å². The van der Waals surface area contributed by atoms with Crippen LogP contribution in [0.1, 0.15) is 11.1 Å². The average molecular weight is 278 g/mol. The highest BCUT2D eigenvalue weighted by atomic mass is 16.5. The molecule has 0 unspecified atom stereocenters. The summed E-state index contributed by atoms with van der Waals surface area (Å²) in [6.45, 7) is 0.904. The molecule has 3 rings (SSSR count). The van der Waals surface area contributed by atoms with Crippen LogP contribution in [-0.4, -0.2) is 19.1 Å². The van der Waals surface area contributed by atoms with E-state index in [-0.39, 0.29) is 5.91 Å². The van der Waals surface area contributed by atoms with Crippen molar-refractivity contribution in [1.29, 1.82) is 5.26 Å². The lowest BCUT2D eigenvalue weighted by molar-refractivity contribution is -0.117. The van der Waals surface area contributed by atoms with Gasteiger partial charge in [-0.25, -0.2) is 0 Å². The molecule has 0 fully saturated rings. The molecule has 0 radical (unpaired) electrons. The maximum atomic E-state index is 12.0. The van der Waals surface area contributed by atoms with Crippen molar-refractivity contribution >= 4 is 11.6 Å². The van der Waals surface area contributed by atoms with Crippen LogP contribution < -0.4 is 9.64 Å². The molecule has 1 aliphatic heterocycles. The fraction of sp³-hybridized carbons (Fsp3) is 0.176. The molecule has 1 aliphatic rings. The largest absolute Gasteiger partial charge is 0.492 e. The summed E-state index contributed by atoms with van der Waals surface area (Å²) in [5, 5.41) is 8.85. The van der Waals surface area contributed by atoms with Crippen LogP contribution in [0.25, 0.3) is 0 Å². The van der Waals surface area contributed by atoms with Crippen molar-refractivity contribution in [3.63, 3.8) is 0 Å². The van der Waals surface area contributed by atoms with Crippen LogP contribution in [0.4, 0.5) is 5.69 Å². The van der Waals surface area contributed by atoms with Crippen molar-refractivity contribution in [3.05, 3.63) is 59.7 Å². The van der Waals surface area contributed by atoms with Crippen molar-refractivity contribution in [3.8, 4) is 11.8 Å². The van der Waals surface area contributed by atoms with Crippen LogP contribution in [0.5, 0.6) is 5.75 Å². The lowest BCUT2D eigenvalue weighted by atomic mass is 10.2. The van der Waals surface area contributed by atoms with Crippen LogP contribution in [0, 0.1) is 11.3 Å². The highest BCUT2D eigenvalue weighted by Gasteiger charge is 2.26. The minimum atomic E-state index is 0.102. The Morgan fingerprint density at radius 1 is 1.19 bits per heavy atom. The molecule has 0 atom stereocenters. The second-order valence-corrected chi connectivity index (χ2v) is 4.84. The second kappa shape index (κ2) is 5.68. The molecule has 2 aromatic carbocycles. The molecule has 0 N–H and O–H groups in total. The first-order chi connectivity index (χ1) is 10.3. The van der Waals surface area contributed by atoms with Gasteiger partial charge in [0.1, 0.15) is 12.4 Å². The zero-order valence-corrected chi connectivity index (χ0v) is 11.5. The second-order valence-electron chi connectivity index (χ2n) is 4.84. The molecular formula is C17H14N2O2. The third kappa shape index (κ3) is 2.72. The van der Waals surface area contributed by atoms with E-state index in [0.29, 0.717) is 30.9 Å². The SMILES string of the molecule is N#Cc1cccc(OCCN2C(=O)Cc3ccccc32)c1. The number of fused-ring (bicyclic) bond motifs is 1. The maximum absolute atomic E-state index is 12.0. The summed E-state index contributed by atoms with van der Waals surface area (Å²) in [6.07, 6.45) is 0.458. The molecule has 1 amide bonds. The number of para-hydroxylation sites is 1. The fourth-order valence-corrected chi connectivity index (χ4v) is 2.47. The topological polar surface area (TPSA) is 53.3 Å². The maximum Gasteiger partial charge on any atom is 0.231 e. The summed E-state index contributed by atoms with van der Waals surface area (Å²) >= 11 is 0. The molecule has 0 bridgehead atoms. The molecule has 104 valence electrons. The minimum absolute atomic E-state index is 0.102. The number of nitriles is 1. The van der Waals surface area contributed by atoms with Gasteiger partial charge in [-0.2, -0.15) is 5.26 Å². The minimum Gasteiger partial charge on any atom is -0.492 e. The highest BCUT2D eigenvalue weighted by molar-refractivity contribution is 6.01. The van der Waals surface area contributed by atoms with Gasteiger partial charge >= 0.3 is 0 Å². The molecule has 1 heterocycles. The van der Waals surface area contributed by atoms with E-state index in [4.69, 9.17) is 10.00 Å². The number of hydrogen-bond acceptors (Lipinski definition) is 3. The Kier molecular flexibility index (Phi) is 3.57. The summed E-state index contributed by atoms with van der Waals surface area (Å²) in [7, 11) is 0. The Balaban J connectivity index is 1.63. The van der Waals surface area contributed by atoms with E-state index in [2.05, 4.69) is 6.07 Å².